The number of aliphatic hydroxyl groups is 1. The number of nitrogens with one attached hydrogen (secondary N) is 1. The minimum Gasteiger partial charge on any atom is -0.381 e. The molecular weight excluding hydrogens is 274 g/mol. The molecule has 110 valence electrons. The molecule has 1 atom stereocenters. The van der Waals surface area contributed by atoms with Gasteiger partial charge in [0.05, 0.1) is 12.8 Å². The van der Waals surface area contributed by atoms with Crippen LogP contribution in [0.15, 0.2) is 0 Å². The van der Waals surface area contributed by atoms with Crippen molar-refractivity contribution in [2.75, 3.05) is 25.9 Å². The lowest BCUT2D eigenvalue weighted by molar-refractivity contribution is -0.129. The largest absolute Gasteiger partial charge is 0.381 e. The Bertz CT molecular complexity index is 442. The van der Waals surface area contributed by atoms with Crippen molar-refractivity contribution in [3.63, 3.8) is 0 Å². The lowest BCUT2D eigenvalue weighted by Crippen LogP contribution is -2.45. The van der Waals surface area contributed by atoms with Gasteiger partial charge in [-0.3, -0.25) is 9.59 Å². The number of hydrogen-bond acceptors (Lipinski definition) is 5. The molecule has 0 aromatic carbocycles. The summed E-state index contributed by atoms with van der Waals surface area (Å²) < 4.78 is 23.9. The lowest BCUT2D eigenvalue weighted by atomic mass is 9.97. The van der Waals surface area contributed by atoms with Gasteiger partial charge in [-0.05, 0) is 12.8 Å². The molecule has 1 fully saturated rings. The van der Waals surface area contributed by atoms with E-state index >= 15 is 0 Å². The highest BCUT2D eigenvalue weighted by molar-refractivity contribution is 7.88. The minimum absolute atomic E-state index is 0.222. The molecular formula is C10H19N3O5S. The van der Waals surface area contributed by atoms with Crippen molar-refractivity contribution in [1.82, 2.24) is 9.62 Å². The third kappa shape index (κ3) is 4.77. The minimum atomic E-state index is -3.21. The maximum Gasteiger partial charge on any atom is 0.248 e. The van der Waals surface area contributed by atoms with Gasteiger partial charge in [-0.25, -0.2) is 12.7 Å². The van der Waals surface area contributed by atoms with Crippen LogP contribution in [0.1, 0.15) is 12.8 Å². The summed E-state index contributed by atoms with van der Waals surface area (Å²) in [5, 5.41) is 11.6. The summed E-state index contributed by atoms with van der Waals surface area (Å²) in [4.78, 5) is 22.3. The molecule has 1 rings (SSSR count). The summed E-state index contributed by atoms with van der Waals surface area (Å²) >= 11 is 0. The molecule has 9 heteroatoms. The summed E-state index contributed by atoms with van der Waals surface area (Å²) in [5.41, 5.74) is 4.85. The van der Waals surface area contributed by atoms with E-state index in [0.717, 1.165) is 6.26 Å². The number of carbonyl (C=O) groups is 2. The zero-order valence-corrected chi connectivity index (χ0v) is 11.5. The zero-order valence-electron chi connectivity index (χ0n) is 10.7. The van der Waals surface area contributed by atoms with Crippen LogP contribution >= 0.6 is 0 Å². The van der Waals surface area contributed by atoms with Crippen LogP contribution in [0.5, 0.6) is 0 Å². The van der Waals surface area contributed by atoms with Crippen LogP contribution in [0.4, 0.5) is 0 Å². The van der Waals surface area contributed by atoms with Gasteiger partial charge in [0.25, 0.3) is 0 Å². The van der Waals surface area contributed by atoms with Gasteiger partial charge in [0.2, 0.25) is 21.8 Å². The van der Waals surface area contributed by atoms with E-state index in [1.165, 1.54) is 4.31 Å². The van der Waals surface area contributed by atoms with Crippen LogP contribution in [-0.2, 0) is 19.6 Å². The van der Waals surface area contributed by atoms with E-state index in [0.29, 0.717) is 25.9 Å². The molecule has 1 heterocycles. The highest BCUT2D eigenvalue weighted by Gasteiger charge is 2.29. The normalized spacial score (nSPS) is 19.9. The predicted molar refractivity (Wildman–Crippen MR) is 67.4 cm³/mol. The number of piperidine rings is 1. The Kier molecular flexibility index (Phi) is 5.27. The first kappa shape index (κ1) is 15.9. The summed E-state index contributed by atoms with van der Waals surface area (Å²) in [6.45, 7) is 0.380. The fourth-order valence-electron chi connectivity index (χ4n) is 1.89. The Morgan fingerprint density at radius 3 is 2.37 bits per heavy atom. The molecule has 0 bridgehead atoms. The maximum atomic E-state index is 11.7. The molecule has 19 heavy (non-hydrogen) atoms. The quantitative estimate of drug-likeness (QED) is 0.521. The summed E-state index contributed by atoms with van der Waals surface area (Å²) in [5.74, 6) is -1.50. The maximum absolute atomic E-state index is 11.7. The van der Waals surface area contributed by atoms with E-state index in [9.17, 15) is 18.0 Å². The van der Waals surface area contributed by atoms with Crippen molar-refractivity contribution >= 4 is 21.8 Å². The number of hydrogen-bond donors (Lipinski definition) is 3. The van der Waals surface area contributed by atoms with E-state index in [1.54, 1.807) is 0 Å². The van der Waals surface area contributed by atoms with Gasteiger partial charge in [0.1, 0.15) is 6.10 Å². The average molecular weight is 293 g/mol. The second kappa shape index (κ2) is 6.31. The smallest absolute Gasteiger partial charge is 0.248 e. The van der Waals surface area contributed by atoms with Crippen molar-refractivity contribution in [2.24, 2.45) is 11.7 Å². The van der Waals surface area contributed by atoms with Crippen LogP contribution in [0, 0.1) is 5.92 Å². The fraction of sp³-hybridized carbons (Fsp3) is 0.800. The van der Waals surface area contributed by atoms with Gasteiger partial charge in [-0.1, -0.05) is 0 Å². The second-order valence-electron chi connectivity index (χ2n) is 4.60. The molecule has 1 saturated heterocycles. The van der Waals surface area contributed by atoms with E-state index in [4.69, 9.17) is 10.8 Å². The molecule has 1 aliphatic rings. The number of primary amides is 1. The number of amides is 2. The molecule has 0 aromatic heterocycles. The molecule has 0 radical (unpaired) electrons. The Hall–Kier alpha value is -1.19. The van der Waals surface area contributed by atoms with Gasteiger partial charge in [-0.2, -0.15) is 0 Å². The van der Waals surface area contributed by atoms with E-state index in [2.05, 4.69) is 5.32 Å². The molecule has 1 unspecified atom stereocenters. The van der Waals surface area contributed by atoms with Crippen molar-refractivity contribution in [1.29, 1.82) is 0 Å². The second-order valence-corrected chi connectivity index (χ2v) is 6.58. The number of carbonyl (C=O) groups excluding carboxylic acids is 2. The number of rotatable bonds is 5. The number of aliphatic hydroxyl groups excluding tert-OH is 1. The molecule has 0 aromatic rings. The fourth-order valence-corrected chi connectivity index (χ4v) is 2.77. The molecule has 2 amide bonds. The number of nitrogens with zero attached hydrogens (tertiary/aromatic N) is 1. The molecule has 0 spiro atoms. The molecule has 1 aliphatic heterocycles. The van der Waals surface area contributed by atoms with Gasteiger partial charge in [-0.15, -0.1) is 0 Å². The Morgan fingerprint density at radius 2 is 1.95 bits per heavy atom. The van der Waals surface area contributed by atoms with Gasteiger partial charge in [0.15, 0.2) is 0 Å². The third-order valence-electron chi connectivity index (χ3n) is 3.09. The topological polar surface area (TPSA) is 130 Å². The third-order valence-corrected chi connectivity index (χ3v) is 4.39. The monoisotopic (exact) mass is 293 g/mol. The standard InChI is InChI=1S/C10H19N3O5S/c1-19(17,18)13-4-2-7(3-5-13)10(16)12-6-8(14)9(11)15/h7-8,14H,2-6H2,1H3,(H2,11,15)(H,12,16). The van der Waals surface area contributed by atoms with Crippen molar-refractivity contribution in [3.8, 4) is 0 Å². The highest BCUT2D eigenvalue weighted by Crippen LogP contribution is 2.19. The van der Waals surface area contributed by atoms with Gasteiger partial charge in [0, 0.05) is 19.0 Å². The molecule has 8 nitrogen and oxygen atoms in total. The first-order valence-corrected chi connectivity index (χ1v) is 7.77. The number of sulfonamides is 1. The Labute approximate surface area is 112 Å². The first-order valence-electron chi connectivity index (χ1n) is 5.92. The molecule has 4 N–H and O–H groups in total. The molecule has 0 aliphatic carbocycles. The van der Waals surface area contributed by atoms with Crippen LogP contribution in [0.3, 0.4) is 0 Å². The van der Waals surface area contributed by atoms with E-state index in [-0.39, 0.29) is 18.4 Å². The van der Waals surface area contributed by atoms with Gasteiger partial charge < -0.3 is 16.2 Å². The summed E-state index contributed by atoms with van der Waals surface area (Å²) in [6.07, 6.45) is 0.577. The van der Waals surface area contributed by atoms with Crippen molar-refractivity contribution < 1.29 is 23.1 Å². The van der Waals surface area contributed by atoms with Crippen molar-refractivity contribution in [3.05, 3.63) is 0 Å². The van der Waals surface area contributed by atoms with Crippen LogP contribution in [-0.4, -0.2) is 61.6 Å². The molecule has 0 saturated carbocycles. The zero-order chi connectivity index (χ0) is 14.6. The van der Waals surface area contributed by atoms with Crippen LogP contribution in [0.2, 0.25) is 0 Å². The van der Waals surface area contributed by atoms with E-state index in [1.807, 2.05) is 0 Å². The summed E-state index contributed by atoms with van der Waals surface area (Å²) in [6, 6.07) is 0. The SMILES string of the molecule is CS(=O)(=O)N1CCC(C(=O)NCC(O)C(N)=O)CC1. The first-order chi connectivity index (χ1) is 8.71. The average Bonchev–Trinajstić information content (AvgIpc) is 2.34. The van der Waals surface area contributed by atoms with Crippen LogP contribution < -0.4 is 11.1 Å². The van der Waals surface area contributed by atoms with Crippen molar-refractivity contribution in [2.45, 2.75) is 18.9 Å². The number of nitrogens with two attached hydrogens (primary N) is 1. The lowest BCUT2D eigenvalue weighted by Gasteiger charge is -2.29. The highest BCUT2D eigenvalue weighted by atomic mass is 32.2. The summed E-state index contributed by atoms with van der Waals surface area (Å²) in [7, 11) is -3.21. The van der Waals surface area contributed by atoms with Crippen LogP contribution in [0.25, 0.3) is 0 Å². The van der Waals surface area contributed by atoms with Gasteiger partial charge >= 0.3 is 0 Å². The predicted octanol–water partition coefficient (Wildman–Crippen LogP) is -2.38. The Morgan fingerprint density at radius 1 is 1.42 bits per heavy atom. The Balaban J connectivity index is 2.39. The van der Waals surface area contributed by atoms with E-state index < -0.39 is 22.0 Å².